The first kappa shape index (κ1) is 12.1. The topological polar surface area (TPSA) is 20.3 Å². The summed E-state index contributed by atoms with van der Waals surface area (Å²) in [7, 11) is 1.94. The zero-order valence-electron chi connectivity index (χ0n) is 9.54. The molecular weight excluding hydrogens is 210 g/mol. The van der Waals surface area contributed by atoms with Crippen LogP contribution in [0.15, 0.2) is 18.2 Å². The van der Waals surface area contributed by atoms with Gasteiger partial charge in [0.05, 0.1) is 10.7 Å². The molecule has 1 aromatic rings. The molecule has 0 aromatic heterocycles. The third-order valence-corrected chi connectivity index (χ3v) is 2.79. The number of nitrogens with zero attached hydrogens (tertiary/aromatic N) is 1. The highest BCUT2D eigenvalue weighted by atomic mass is 35.5. The van der Waals surface area contributed by atoms with E-state index in [-0.39, 0.29) is 5.54 Å². The molecule has 15 heavy (non-hydrogen) atoms. The minimum atomic E-state index is -0.0667. The second-order valence-corrected chi connectivity index (χ2v) is 4.93. The van der Waals surface area contributed by atoms with Crippen LogP contribution in [0, 0.1) is 0 Å². The van der Waals surface area contributed by atoms with E-state index < -0.39 is 0 Å². The van der Waals surface area contributed by atoms with Crippen molar-refractivity contribution in [2.45, 2.75) is 26.3 Å². The number of para-hydroxylation sites is 1. The highest BCUT2D eigenvalue weighted by Crippen LogP contribution is 2.32. The molecule has 0 saturated heterocycles. The Hall–Kier alpha value is -1.02. The summed E-state index contributed by atoms with van der Waals surface area (Å²) >= 11 is 6.11. The Bertz CT molecular complexity index is 368. The van der Waals surface area contributed by atoms with Crippen molar-refractivity contribution in [3.05, 3.63) is 28.8 Å². The molecule has 0 radical (unpaired) electrons. The van der Waals surface area contributed by atoms with E-state index in [2.05, 4.69) is 20.8 Å². The number of aldehydes is 1. The lowest BCUT2D eigenvalue weighted by Gasteiger charge is -2.35. The van der Waals surface area contributed by atoms with Gasteiger partial charge >= 0.3 is 0 Å². The maximum absolute atomic E-state index is 10.9. The van der Waals surface area contributed by atoms with Gasteiger partial charge in [0, 0.05) is 18.2 Å². The van der Waals surface area contributed by atoms with E-state index in [0.717, 1.165) is 12.0 Å². The van der Waals surface area contributed by atoms with Crippen LogP contribution in [0.4, 0.5) is 5.69 Å². The zero-order chi connectivity index (χ0) is 11.6. The Labute approximate surface area is 95.8 Å². The molecule has 0 saturated carbocycles. The van der Waals surface area contributed by atoms with Crippen molar-refractivity contribution in [1.29, 1.82) is 0 Å². The fourth-order valence-corrected chi connectivity index (χ4v) is 1.63. The van der Waals surface area contributed by atoms with E-state index in [1.807, 2.05) is 11.9 Å². The van der Waals surface area contributed by atoms with Gasteiger partial charge in [-0.1, -0.05) is 17.7 Å². The van der Waals surface area contributed by atoms with Gasteiger partial charge in [0.25, 0.3) is 0 Å². The van der Waals surface area contributed by atoms with Crippen molar-refractivity contribution >= 4 is 23.6 Å². The van der Waals surface area contributed by atoms with Crippen LogP contribution in [0.2, 0.25) is 5.02 Å². The molecule has 0 aliphatic carbocycles. The summed E-state index contributed by atoms with van der Waals surface area (Å²) in [6.07, 6.45) is 0.837. The van der Waals surface area contributed by atoms with E-state index in [0.29, 0.717) is 10.6 Å². The zero-order valence-corrected chi connectivity index (χ0v) is 10.3. The summed E-state index contributed by atoms with van der Waals surface area (Å²) in [6.45, 7) is 6.22. The molecule has 0 heterocycles. The summed E-state index contributed by atoms with van der Waals surface area (Å²) in [4.78, 5) is 12.9. The minimum absolute atomic E-state index is 0.0667. The molecule has 0 amide bonds. The summed E-state index contributed by atoms with van der Waals surface area (Å²) in [5, 5.41) is 0.608. The van der Waals surface area contributed by atoms with Gasteiger partial charge in [-0.2, -0.15) is 0 Å². The van der Waals surface area contributed by atoms with E-state index in [9.17, 15) is 4.79 Å². The molecule has 0 bridgehead atoms. The van der Waals surface area contributed by atoms with Crippen LogP contribution in [0.3, 0.4) is 0 Å². The second-order valence-electron chi connectivity index (χ2n) is 4.53. The van der Waals surface area contributed by atoms with E-state index in [1.54, 1.807) is 18.2 Å². The average molecular weight is 226 g/mol. The predicted octanol–water partition coefficient (Wildman–Crippen LogP) is 3.39. The quantitative estimate of drug-likeness (QED) is 0.720. The molecule has 1 rings (SSSR count). The van der Waals surface area contributed by atoms with E-state index >= 15 is 0 Å². The SMILES string of the molecule is CN(c1c(Cl)cccc1C=O)C(C)(C)C. The van der Waals surface area contributed by atoms with Crippen molar-refractivity contribution in [1.82, 2.24) is 0 Å². The fourth-order valence-electron chi connectivity index (χ4n) is 1.32. The lowest BCUT2D eigenvalue weighted by Crippen LogP contribution is -2.38. The van der Waals surface area contributed by atoms with Crippen LogP contribution < -0.4 is 4.90 Å². The normalized spacial score (nSPS) is 11.3. The van der Waals surface area contributed by atoms with Crippen LogP contribution in [0.1, 0.15) is 31.1 Å². The first-order chi connectivity index (χ1) is 6.88. The number of carbonyl (C=O) groups excluding carboxylic acids is 1. The molecule has 0 fully saturated rings. The fraction of sp³-hybridized carbons (Fsp3) is 0.417. The van der Waals surface area contributed by atoms with Crippen LogP contribution in [-0.4, -0.2) is 18.9 Å². The van der Waals surface area contributed by atoms with E-state index in [4.69, 9.17) is 11.6 Å². The smallest absolute Gasteiger partial charge is 0.152 e. The number of hydrogen-bond donors (Lipinski definition) is 0. The van der Waals surface area contributed by atoms with E-state index in [1.165, 1.54) is 0 Å². The Kier molecular flexibility index (Phi) is 3.40. The lowest BCUT2D eigenvalue weighted by atomic mass is 10.0. The van der Waals surface area contributed by atoms with Crippen molar-refractivity contribution in [2.75, 3.05) is 11.9 Å². The molecule has 0 N–H and O–H groups in total. The molecule has 0 aliphatic rings. The monoisotopic (exact) mass is 225 g/mol. The highest BCUT2D eigenvalue weighted by molar-refractivity contribution is 6.33. The molecular formula is C12H16ClNO. The van der Waals surface area contributed by atoms with Crippen LogP contribution >= 0.6 is 11.6 Å². The standard InChI is InChI=1S/C12H16ClNO/c1-12(2,3)14(4)11-9(8-15)6-5-7-10(11)13/h5-8H,1-4H3. The van der Waals surface area contributed by atoms with Crippen molar-refractivity contribution in [2.24, 2.45) is 0 Å². The van der Waals surface area contributed by atoms with Crippen LogP contribution in [-0.2, 0) is 0 Å². The number of carbonyl (C=O) groups is 1. The number of benzene rings is 1. The predicted molar refractivity (Wildman–Crippen MR) is 65.0 cm³/mol. The molecule has 3 heteroatoms. The molecule has 82 valence electrons. The van der Waals surface area contributed by atoms with Gasteiger partial charge in [0.2, 0.25) is 0 Å². The van der Waals surface area contributed by atoms with Crippen LogP contribution in [0.25, 0.3) is 0 Å². The minimum Gasteiger partial charge on any atom is -0.368 e. The molecule has 0 atom stereocenters. The largest absolute Gasteiger partial charge is 0.368 e. The summed E-state index contributed by atoms with van der Waals surface area (Å²) in [6, 6.07) is 5.36. The van der Waals surface area contributed by atoms with Gasteiger partial charge in [-0.3, -0.25) is 4.79 Å². The van der Waals surface area contributed by atoms with Gasteiger partial charge < -0.3 is 4.90 Å². The highest BCUT2D eigenvalue weighted by Gasteiger charge is 2.21. The van der Waals surface area contributed by atoms with Crippen molar-refractivity contribution < 1.29 is 4.79 Å². The molecule has 1 aromatic carbocycles. The Morgan fingerprint density at radius 2 is 1.93 bits per heavy atom. The Morgan fingerprint density at radius 3 is 2.40 bits per heavy atom. The number of anilines is 1. The number of halogens is 1. The van der Waals surface area contributed by atoms with Gasteiger partial charge in [0.15, 0.2) is 6.29 Å². The molecule has 0 aliphatic heterocycles. The third kappa shape index (κ3) is 2.51. The lowest BCUT2D eigenvalue weighted by molar-refractivity contribution is 0.112. The van der Waals surface area contributed by atoms with Crippen LogP contribution in [0.5, 0.6) is 0 Å². The Morgan fingerprint density at radius 1 is 1.33 bits per heavy atom. The van der Waals surface area contributed by atoms with Gasteiger partial charge in [0.1, 0.15) is 0 Å². The number of rotatable bonds is 2. The average Bonchev–Trinajstić information content (AvgIpc) is 2.15. The summed E-state index contributed by atoms with van der Waals surface area (Å²) in [5.74, 6) is 0. The molecule has 0 unspecified atom stereocenters. The van der Waals surface area contributed by atoms with Crippen molar-refractivity contribution in [3.8, 4) is 0 Å². The maximum atomic E-state index is 10.9. The molecule has 2 nitrogen and oxygen atoms in total. The summed E-state index contributed by atoms with van der Waals surface area (Å²) in [5.41, 5.74) is 1.35. The third-order valence-electron chi connectivity index (χ3n) is 2.49. The first-order valence-corrected chi connectivity index (χ1v) is 5.23. The number of hydrogen-bond acceptors (Lipinski definition) is 2. The van der Waals surface area contributed by atoms with Gasteiger partial charge in [-0.05, 0) is 32.9 Å². The van der Waals surface area contributed by atoms with Gasteiger partial charge in [-0.25, -0.2) is 0 Å². The van der Waals surface area contributed by atoms with Gasteiger partial charge in [-0.15, -0.1) is 0 Å². The summed E-state index contributed by atoms with van der Waals surface area (Å²) < 4.78 is 0. The first-order valence-electron chi connectivity index (χ1n) is 4.85. The molecule has 0 spiro atoms. The maximum Gasteiger partial charge on any atom is 0.152 e. The van der Waals surface area contributed by atoms with Crippen molar-refractivity contribution in [3.63, 3.8) is 0 Å². The second kappa shape index (κ2) is 4.23. The Balaban J connectivity index is 3.29.